The van der Waals surface area contributed by atoms with Crippen molar-refractivity contribution in [2.24, 2.45) is 47.3 Å². The third kappa shape index (κ3) is 4.60. The molecule has 2 heterocycles. The van der Waals surface area contributed by atoms with E-state index in [1.165, 1.54) is 6.26 Å². The Morgan fingerprint density at radius 2 is 1.57 bits per heavy atom. The van der Waals surface area contributed by atoms with Crippen LogP contribution in [0, 0.1) is 47.3 Å². The number of rotatable bonds is 7. The molecule has 6 rings (SSSR count). The summed E-state index contributed by atoms with van der Waals surface area (Å²) in [5.41, 5.74) is 0.983. The van der Waals surface area contributed by atoms with Crippen LogP contribution in [-0.2, 0) is 19.4 Å². The van der Waals surface area contributed by atoms with Crippen molar-refractivity contribution >= 4 is 50.5 Å². The zero-order valence-electron chi connectivity index (χ0n) is 21.4. The van der Waals surface area contributed by atoms with E-state index in [2.05, 4.69) is 16.7 Å². The number of carbonyl (C=O) groups is 2. The van der Waals surface area contributed by atoms with Gasteiger partial charge in [0.1, 0.15) is 9.84 Å². The number of nitrogens with zero attached hydrogens (tertiary/aromatic N) is 3. The number of anilines is 1. The van der Waals surface area contributed by atoms with Crippen LogP contribution in [0.15, 0.2) is 18.2 Å². The predicted octanol–water partition coefficient (Wildman–Crippen LogP) is 3.30. The predicted molar refractivity (Wildman–Crippen MR) is 144 cm³/mol. The summed E-state index contributed by atoms with van der Waals surface area (Å²) in [6, 6.07) is 5.74. The van der Waals surface area contributed by atoms with Gasteiger partial charge in [0.2, 0.25) is 11.8 Å². The first-order valence-electron chi connectivity index (χ1n) is 13.5. The topological polar surface area (TPSA) is 78.0 Å². The zero-order chi connectivity index (χ0) is 26.2. The summed E-state index contributed by atoms with van der Waals surface area (Å²) in [6.45, 7) is 7.26. The van der Waals surface area contributed by atoms with E-state index in [1.807, 2.05) is 12.1 Å². The number of hydrogen-bond donors (Lipinski definition) is 0. The van der Waals surface area contributed by atoms with Crippen molar-refractivity contribution in [2.75, 3.05) is 56.2 Å². The summed E-state index contributed by atoms with van der Waals surface area (Å²) in [4.78, 5) is 33.1. The Morgan fingerprint density at radius 1 is 0.919 bits per heavy atom. The number of benzene rings is 1. The number of sulfone groups is 1. The Hall–Kier alpha value is -1.35. The van der Waals surface area contributed by atoms with E-state index in [1.54, 1.807) is 11.0 Å². The number of hydrogen-bond acceptors (Lipinski definition) is 6. The average molecular weight is 569 g/mol. The third-order valence-corrected chi connectivity index (χ3v) is 11.8. The maximum atomic E-state index is 13.4. The molecule has 37 heavy (non-hydrogen) atoms. The van der Waals surface area contributed by atoms with Gasteiger partial charge in [0.15, 0.2) is 0 Å². The summed E-state index contributed by atoms with van der Waals surface area (Å²) >= 11 is 12.6. The minimum absolute atomic E-state index is 0.00446. The van der Waals surface area contributed by atoms with Crippen LogP contribution in [0.25, 0.3) is 0 Å². The Balaban J connectivity index is 1.02. The number of imide groups is 1. The lowest BCUT2D eigenvalue weighted by atomic mass is 9.70. The van der Waals surface area contributed by atoms with Gasteiger partial charge in [0, 0.05) is 45.5 Å². The van der Waals surface area contributed by atoms with Crippen molar-refractivity contribution in [3.63, 3.8) is 0 Å². The minimum Gasteiger partial charge on any atom is -0.368 e. The molecule has 202 valence electrons. The molecule has 10 heteroatoms. The Kier molecular flexibility index (Phi) is 6.57. The summed E-state index contributed by atoms with van der Waals surface area (Å²) in [6.07, 6.45) is 3.14. The Bertz CT molecular complexity index is 1220. The lowest BCUT2D eigenvalue weighted by Gasteiger charge is -2.36. The van der Waals surface area contributed by atoms with Crippen LogP contribution in [-0.4, -0.2) is 81.3 Å². The highest BCUT2D eigenvalue weighted by atomic mass is 35.5. The molecule has 1 aromatic carbocycles. The highest BCUT2D eigenvalue weighted by Gasteiger charge is 2.66. The minimum atomic E-state index is -3.12. The monoisotopic (exact) mass is 567 g/mol. The number of piperazine rings is 1. The van der Waals surface area contributed by atoms with Gasteiger partial charge in [-0.2, -0.15) is 0 Å². The largest absolute Gasteiger partial charge is 0.368 e. The molecule has 1 aromatic rings. The molecule has 3 aliphatic carbocycles. The third-order valence-electron chi connectivity index (χ3n) is 9.97. The fourth-order valence-electron chi connectivity index (χ4n) is 8.01. The van der Waals surface area contributed by atoms with Gasteiger partial charge in [-0.1, -0.05) is 36.2 Å². The number of halogens is 2. The zero-order valence-corrected chi connectivity index (χ0v) is 23.7. The van der Waals surface area contributed by atoms with Gasteiger partial charge in [-0.3, -0.25) is 19.4 Å². The van der Waals surface area contributed by atoms with Gasteiger partial charge in [0.25, 0.3) is 0 Å². The number of carbonyl (C=O) groups excluding carboxylic acids is 2. The first-order valence-corrected chi connectivity index (χ1v) is 16.3. The van der Waals surface area contributed by atoms with E-state index in [-0.39, 0.29) is 53.1 Å². The summed E-state index contributed by atoms with van der Waals surface area (Å²) in [7, 11) is -3.12. The molecule has 7 nitrogen and oxygen atoms in total. The first-order chi connectivity index (χ1) is 17.5. The fourth-order valence-corrected chi connectivity index (χ4v) is 9.67. The van der Waals surface area contributed by atoms with Crippen molar-refractivity contribution in [3.05, 3.63) is 28.2 Å². The lowest BCUT2D eigenvalue weighted by molar-refractivity contribution is -0.141. The molecule has 6 unspecified atom stereocenters. The quantitative estimate of drug-likeness (QED) is 0.470. The van der Waals surface area contributed by atoms with Crippen LogP contribution < -0.4 is 4.90 Å². The van der Waals surface area contributed by atoms with Gasteiger partial charge in [-0.05, 0) is 60.5 Å². The van der Waals surface area contributed by atoms with E-state index < -0.39 is 9.84 Å². The van der Waals surface area contributed by atoms with E-state index in [0.717, 1.165) is 51.3 Å². The molecule has 5 fully saturated rings. The lowest BCUT2D eigenvalue weighted by Crippen LogP contribution is -2.47. The SMILES string of the molecule is CC1C(CS(C)(=O)=O)C2CC1C1C(=O)N(C[C@H]3C[C@@H]3CN3CCN(c4cccc(Cl)c4Cl)CC3)C(=O)C21. The number of likely N-dealkylation sites (tertiary alicyclic amines) is 1. The molecule has 3 saturated carbocycles. The Labute approximate surface area is 229 Å². The molecule has 2 amide bonds. The second-order valence-corrected chi connectivity index (χ2v) is 15.1. The second kappa shape index (κ2) is 9.39. The van der Waals surface area contributed by atoms with E-state index in [9.17, 15) is 18.0 Å². The normalized spacial score (nSPS) is 37.5. The van der Waals surface area contributed by atoms with Gasteiger partial charge >= 0.3 is 0 Å². The van der Waals surface area contributed by atoms with Crippen LogP contribution >= 0.6 is 23.2 Å². The molecular weight excluding hydrogens is 533 g/mol. The highest BCUT2D eigenvalue weighted by molar-refractivity contribution is 7.90. The molecule has 0 N–H and O–H groups in total. The average Bonchev–Trinajstić information content (AvgIpc) is 3.23. The van der Waals surface area contributed by atoms with Crippen molar-refractivity contribution in [1.82, 2.24) is 9.80 Å². The van der Waals surface area contributed by atoms with Crippen LogP contribution in [0.4, 0.5) is 5.69 Å². The van der Waals surface area contributed by atoms with Gasteiger partial charge in [-0.15, -0.1) is 0 Å². The maximum absolute atomic E-state index is 13.4. The van der Waals surface area contributed by atoms with Crippen LogP contribution in [0.3, 0.4) is 0 Å². The fraction of sp³-hybridized carbons (Fsp3) is 0.704. The molecule has 0 radical (unpaired) electrons. The molecule has 2 saturated heterocycles. The molecule has 8 atom stereocenters. The number of fused-ring (bicyclic) bond motifs is 5. The van der Waals surface area contributed by atoms with Gasteiger partial charge < -0.3 is 4.90 Å². The van der Waals surface area contributed by atoms with Crippen molar-refractivity contribution < 1.29 is 18.0 Å². The van der Waals surface area contributed by atoms with Crippen molar-refractivity contribution in [1.29, 1.82) is 0 Å². The number of amides is 2. The van der Waals surface area contributed by atoms with Crippen LogP contribution in [0.1, 0.15) is 19.8 Å². The summed E-state index contributed by atoms with van der Waals surface area (Å²) in [5, 5.41) is 1.18. The van der Waals surface area contributed by atoms with E-state index in [4.69, 9.17) is 23.2 Å². The maximum Gasteiger partial charge on any atom is 0.233 e. The van der Waals surface area contributed by atoms with E-state index >= 15 is 0 Å². The molecular formula is C27H35Cl2N3O4S. The van der Waals surface area contributed by atoms with Crippen molar-refractivity contribution in [2.45, 2.75) is 19.8 Å². The molecule has 2 aliphatic heterocycles. The molecule has 2 bridgehead atoms. The standard InChI is InChI=1S/C27H35Cl2N3O4S/c1-15-18-11-19(20(15)14-37(2,35)36)24-23(18)26(33)32(27(24)34)13-17-10-16(17)12-30-6-8-31(9-7-30)22-5-3-4-21(28)25(22)29/h3-5,15-20,23-24H,6-14H2,1-2H3/t15?,16-,17-,18?,19?,20?,23?,24?/m1/s1. The molecule has 0 spiro atoms. The van der Waals surface area contributed by atoms with Gasteiger partial charge in [-0.25, -0.2) is 8.42 Å². The smallest absolute Gasteiger partial charge is 0.233 e. The van der Waals surface area contributed by atoms with Gasteiger partial charge in [0.05, 0.1) is 33.3 Å². The van der Waals surface area contributed by atoms with Crippen molar-refractivity contribution in [3.8, 4) is 0 Å². The second-order valence-electron chi connectivity index (χ2n) is 12.1. The Morgan fingerprint density at radius 3 is 2.24 bits per heavy atom. The van der Waals surface area contributed by atoms with E-state index in [0.29, 0.717) is 28.4 Å². The first kappa shape index (κ1) is 25.9. The summed E-state index contributed by atoms with van der Waals surface area (Å²) in [5.74, 6) is 0.778. The molecule has 0 aromatic heterocycles. The summed E-state index contributed by atoms with van der Waals surface area (Å²) < 4.78 is 24.0. The van der Waals surface area contributed by atoms with Crippen LogP contribution in [0.2, 0.25) is 10.0 Å². The molecule has 5 aliphatic rings. The highest BCUT2D eigenvalue weighted by Crippen LogP contribution is 2.61. The van der Waals surface area contributed by atoms with Crippen LogP contribution in [0.5, 0.6) is 0 Å².